The number of rotatable bonds is 5. The molecule has 0 aromatic heterocycles. The first-order chi connectivity index (χ1) is 14.5. The van der Waals surface area contributed by atoms with E-state index in [9.17, 15) is 9.59 Å². The zero-order valence-corrected chi connectivity index (χ0v) is 17.7. The van der Waals surface area contributed by atoms with Crippen LogP contribution in [0.1, 0.15) is 37.0 Å². The molecule has 0 amide bonds. The summed E-state index contributed by atoms with van der Waals surface area (Å²) in [7, 11) is 1.33. The molecule has 1 aromatic carbocycles. The zero-order chi connectivity index (χ0) is 21.3. The van der Waals surface area contributed by atoms with Crippen LogP contribution in [0.25, 0.3) is 0 Å². The smallest absolute Gasteiger partial charge is 0.337 e. The van der Waals surface area contributed by atoms with E-state index in [2.05, 4.69) is 18.7 Å². The van der Waals surface area contributed by atoms with Gasteiger partial charge in [0.1, 0.15) is 18.1 Å². The number of hydrogen-bond acceptors (Lipinski definition) is 7. The van der Waals surface area contributed by atoms with Gasteiger partial charge in [0.25, 0.3) is 0 Å². The number of carbonyl (C=O) groups is 2. The number of ether oxygens (including phenoxy) is 4. The van der Waals surface area contributed by atoms with Crippen molar-refractivity contribution in [3.8, 4) is 5.75 Å². The van der Waals surface area contributed by atoms with Gasteiger partial charge in [0.2, 0.25) is 11.5 Å². The Kier molecular flexibility index (Phi) is 6.11. The van der Waals surface area contributed by atoms with Gasteiger partial charge in [0, 0.05) is 19.0 Å². The highest BCUT2D eigenvalue weighted by molar-refractivity contribution is 5.96. The molecule has 1 saturated carbocycles. The first-order valence-corrected chi connectivity index (χ1v) is 10.6. The normalized spacial score (nSPS) is 28.8. The second kappa shape index (κ2) is 8.78. The number of nitrogens with zero attached hydrogens (tertiary/aromatic N) is 1. The van der Waals surface area contributed by atoms with Crippen LogP contribution >= 0.6 is 0 Å². The van der Waals surface area contributed by atoms with Crippen molar-refractivity contribution in [3.63, 3.8) is 0 Å². The van der Waals surface area contributed by atoms with Crippen LogP contribution in [0.3, 0.4) is 0 Å². The van der Waals surface area contributed by atoms with Crippen LogP contribution in [-0.4, -0.2) is 55.8 Å². The summed E-state index contributed by atoms with van der Waals surface area (Å²) in [6.45, 7) is 6.90. The third-order valence-electron chi connectivity index (χ3n) is 6.04. The Balaban J connectivity index is 1.45. The standard InChI is InChI=1S/C23H29NO6/c1-14(2)10-24-11-18-19(29-13-24)9-8-17-21(25)20(12-28-22(17)18)30-16-6-4-15(5-7-16)23(26)27-3/h4-7,12,14,17-19,22H,8-11,13H2,1-3H3. The summed E-state index contributed by atoms with van der Waals surface area (Å²) in [5.41, 5.74) is 0.423. The van der Waals surface area contributed by atoms with Crippen LogP contribution in [-0.2, 0) is 19.0 Å². The van der Waals surface area contributed by atoms with Crippen LogP contribution in [0.2, 0.25) is 0 Å². The number of carbonyl (C=O) groups excluding carboxylic acids is 2. The number of allylic oxidation sites excluding steroid dienone is 1. The summed E-state index contributed by atoms with van der Waals surface area (Å²) in [4.78, 5) is 27.0. The molecule has 4 rings (SSSR count). The van der Waals surface area contributed by atoms with Gasteiger partial charge < -0.3 is 18.9 Å². The summed E-state index contributed by atoms with van der Waals surface area (Å²) in [6, 6.07) is 6.49. The van der Waals surface area contributed by atoms with Crippen molar-refractivity contribution in [2.75, 3.05) is 26.9 Å². The van der Waals surface area contributed by atoms with E-state index in [1.807, 2.05) is 0 Å². The minimum atomic E-state index is -0.418. The van der Waals surface area contributed by atoms with E-state index in [0.29, 0.717) is 24.0 Å². The molecular weight excluding hydrogens is 386 g/mol. The number of esters is 1. The number of ketones is 1. The summed E-state index contributed by atoms with van der Waals surface area (Å²) < 4.78 is 22.6. The Hall–Kier alpha value is -2.38. The van der Waals surface area contributed by atoms with Crippen LogP contribution in [0.4, 0.5) is 0 Å². The molecule has 7 heteroatoms. The van der Waals surface area contributed by atoms with E-state index in [4.69, 9.17) is 18.9 Å². The van der Waals surface area contributed by atoms with Crippen molar-refractivity contribution < 1.29 is 28.5 Å². The molecule has 2 aliphatic heterocycles. The molecule has 1 aliphatic carbocycles. The van der Waals surface area contributed by atoms with Gasteiger partial charge in [-0.2, -0.15) is 0 Å². The average molecular weight is 415 g/mol. The third kappa shape index (κ3) is 4.23. The van der Waals surface area contributed by atoms with Crippen molar-refractivity contribution in [2.45, 2.75) is 38.9 Å². The molecule has 4 unspecified atom stereocenters. The first-order valence-electron chi connectivity index (χ1n) is 10.6. The van der Waals surface area contributed by atoms with Gasteiger partial charge in [-0.3, -0.25) is 9.69 Å². The lowest BCUT2D eigenvalue weighted by Gasteiger charge is -2.48. The first kappa shape index (κ1) is 20.9. The number of benzene rings is 1. The van der Waals surface area contributed by atoms with E-state index in [-0.39, 0.29) is 35.6 Å². The second-order valence-corrected chi connectivity index (χ2v) is 8.68. The molecule has 0 N–H and O–H groups in total. The van der Waals surface area contributed by atoms with Crippen LogP contribution in [0, 0.1) is 17.8 Å². The second-order valence-electron chi connectivity index (χ2n) is 8.68. The predicted molar refractivity (Wildman–Crippen MR) is 109 cm³/mol. The fraction of sp³-hybridized carbons (Fsp3) is 0.565. The molecule has 0 spiro atoms. The van der Waals surface area contributed by atoms with Gasteiger partial charge in [-0.15, -0.1) is 0 Å². The quantitative estimate of drug-likeness (QED) is 0.685. The molecule has 0 bridgehead atoms. The molecule has 1 saturated heterocycles. The highest BCUT2D eigenvalue weighted by atomic mass is 16.5. The van der Waals surface area contributed by atoms with Gasteiger partial charge in [0.05, 0.1) is 31.4 Å². The van der Waals surface area contributed by atoms with Crippen molar-refractivity contribution in [1.29, 1.82) is 0 Å². The summed E-state index contributed by atoms with van der Waals surface area (Å²) >= 11 is 0. The molecule has 7 nitrogen and oxygen atoms in total. The van der Waals surface area contributed by atoms with Crippen LogP contribution < -0.4 is 4.74 Å². The van der Waals surface area contributed by atoms with Crippen LogP contribution in [0.5, 0.6) is 5.75 Å². The number of methoxy groups -OCH3 is 1. The van der Waals surface area contributed by atoms with Gasteiger partial charge in [0.15, 0.2) is 0 Å². The molecule has 2 heterocycles. The summed E-state index contributed by atoms with van der Waals surface area (Å²) in [5.74, 6) is 0.754. The van der Waals surface area contributed by atoms with E-state index >= 15 is 0 Å². The highest BCUT2D eigenvalue weighted by Gasteiger charge is 2.49. The van der Waals surface area contributed by atoms with Gasteiger partial charge >= 0.3 is 5.97 Å². The molecule has 2 fully saturated rings. The van der Waals surface area contributed by atoms with E-state index in [0.717, 1.165) is 25.9 Å². The molecular formula is C23H29NO6. The maximum absolute atomic E-state index is 13.1. The Labute approximate surface area is 176 Å². The Morgan fingerprint density at radius 2 is 2.00 bits per heavy atom. The number of fused-ring (bicyclic) bond motifs is 3. The van der Waals surface area contributed by atoms with Crippen molar-refractivity contribution >= 4 is 11.8 Å². The van der Waals surface area contributed by atoms with Crippen molar-refractivity contribution in [1.82, 2.24) is 4.90 Å². The lowest BCUT2D eigenvalue weighted by atomic mass is 9.73. The van der Waals surface area contributed by atoms with Crippen molar-refractivity contribution in [3.05, 3.63) is 41.9 Å². The monoisotopic (exact) mass is 415 g/mol. The largest absolute Gasteiger partial charge is 0.493 e. The Morgan fingerprint density at radius 3 is 2.70 bits per heavy atom. The van der Waals surface area contributed by atoms with E-state index in [1.54, 1.807) is 24.3 Å². The minimum absolute atomic E-state index is 0.0253. The zero-order valence-electron chi connectivity index (χ0n) is 17.7. The number of hydrogen-bond donors (Lipinski definition) is 0. The molecule has 3 aliphatic rings. The molecule has 0 radical (unpaired) electrons. The van der Waals surface area contributed by atoms with Crippen LogP contribution in [0.15, 0.2) is 36.3 Å². The Bertz CT molecular complexity index is 817. The summed E-state index contributed by atoms with van der Waals surface area (Å²) in [5, 5.41) is 0. The van der Waals surface area contributed by atoms with Gasteiger partial charge in [-0.05, 0) is 43.0 Å². The molecule has 162 valence electrons. The molecule has 1 aromatic rings. The number of Topliss-reactive ketones (excluding diaryl/α,β-unsaturated/α-hetero) is 1. The lowest BCUT2D eigenvalue weighted by Crippen LogP contribution is -2.57. The maximum atomic E-state index is 13.1. The lowest BCUT2D eigenvalue weighted by molar-refractivity contribution is -0.174. The van der Waals surface area contributed by atoms with E-state index < -0.39 is 5.97 Å². The topological polar surface area (TPSA) is 74.3 Å². The van der Waals surface area contributed by atoms with Gasteiger partial charge in [-0.25, -0.2) is 4.79 Å². The fourth-order valence-corrected chi connectivity index (χ4v) is 4.69. The SMILES string of the molecule is COC(=O)c1ccc(OC2=COC3C(CCC4OCN(CC(C)C)CC43)C2=O)cc1. The maximum Gasteiger partial charge on any atom is 0.337 e. The fourth-order valence-electron chi connectivity index (χ4n) is 4.69. The third-order valence-corrected chi connectivity index (χ3v) is 6.04. The summed E-state index contributed by atoms with van der Waals surface area (Å²) in [6.07, 6.45) is 3.00. The molecule has 30 heavy (non-hydrogen) atoms. The Morgan fingerprint density at radius 1 is 1.23 bits per heavy atom. The predicted octanol–water partition coefficient (Wildman–Crippen LogP) is 3.00. The average Bonchev–Trinajstić information content (AvgIpc) is 2.75. The minimum Gasteiger partial charge on any atom is -0.493 e. The van der Waals surface area contributed by atoms with Gasteiger partial charge in [-0.1, -0.05) is 13.8 Å². The van der Waals surface area contributed by atoms with E-state index in [1.165, 1.54) is 13.4 Å². The highest BCUT2D eigenvalue weighted by Crippen LogP contribution is 2.40. The molecule has 4 atom stereocenters. The van der Waals surface area contributed by atoms with Crippen molar-refractivity contribution in [2.24, 2.45) is 17.8 Å².